The molecule has 0 radical (unpaired) electrons. The maximum atomic E-state index is 5.92. The third kappa shape index (κ3) is 2.96. The van der Waals surface area contributed by atoms with Gasteiger partial charge < -0.3 is 15.2 Å². The number of anilines is 1. The van der Waals surface area contributed by atoms with Crippen molar-refractivity contribution in [1.82, 2.24) is 4.98 Å². The number of nitrogens with zero attached hydrogens (tertiary/aromatic N) is 1. The second-order valence-corrected chi connectivity index (χ2v) is 5.19. The minimum absolute atomic E-state index is 0.385. The number of ether oxygens (including phenoxy) is 2. The van der Waals surface area contributed by atoms with Crippen LogP contribution in [0.2, 0.25) is 0 Å². The van der Waals surface area contributed by atoms with E-state index in [2.05, 4.69) is 4.98 Å². The van der Waals surface area contributed by atoms with E-state index < -0.39 is 0 Å². The molecule has 0 unspecified atom stereocenters. The van der Waals surface area contributed by atoms with Crippen molar-refractivity contribution in [2.45, 2.75) is 13.5 Å². The summed E-state index contributed by atoms with van der Waals surface area (Å²) in [5.41, 5.74) is 9.44. The molecule has 0 atom stereocenters. The van der Waals surface area contributed by atoms with Crippen LogP contribution in [0.25, 0.3) is 10.9 Å². The van der Waals surface area contributed by atoms with Gasteiger partial charge in [-0.05, 0) is 48.9 Å². The van der Waals surface area contributed by atoms with E-state index in [0.717, 1.165) is 27.9 Å². The highest BCUT2D eigenvalue weighted by molar-refractivity contribution is 5.80. The van der Waals surface area contributed by atoms with Crippen molar-refractivity contribution in [3.63, 3.8) is 0 Å². The van der Waals surface area contributed by atoms with Crippen LogP contribution in [0.3, 0.4) is 0 Å². The third-order valence-corrected chi connectivity index (χ3v) is 3.50. The molecule has 0 saturated carbocycles. The Hall–Kier alpha value is -2.75. The smallest absolute Gasteiger partial charge is 0.143 e. The molecule has 22 heavy (non-hydrogen) atoms. The van der Waals surface area contributed by atoms with Crippen molar-refractivity contribution in [3.05, 3.63) is 59.8 Å². The van der Waals surface area contributed by atoms with Gasteiger partial charge in [0, 0.05) is 5.39 Å². The summed E-state index contributed by atoms with van der Waals surface area (Å²) in [5.74, 6) is 1.52. The summed E-state index contributed by atoms with van der Waals surface area (Å²) < 4.78 is 11.0. The molecular formula is C18H18N2O2. The highest BCUT2D eigenvalue weighted by atomic mass is 16.5. The average molecular weight is 294 g/mol. The minimum Gasteiger partial charge on any atom is -0.497 e. The fourth-order valence-corrected chi connectivity index (χ4v) is 2.27. The summed E-state index contributed by atoms with van der Waals surface area (Å²) in [7, 11) is 1.66. The Kier molecular flexibility index (Phi) is 3.83. The Morgan fingerprint density at radius 2 is 1.91 bits per heavy atom. The van der Waals surface area contributed by atoms with Gasteiger partial charge in [-0.15, -0.1) is 0 Å². The number of pyridine rings is 1. The molecule has 2 N–H and O–H groups in total. The zero-order valence-corrected chi connectivity index (χ0v) is 12.7. The highest BCUT2D eigenvalue weighted by Crippen LogP contribution is 2.24. The quantitative estimate of drug-likeness (QED) is 0.745. The molecule has 4 nitrogen and oxygen atoms in total. The number of hydrogen-bond acceptors (Lipinski definition) is 4. The Morgan fingerprint density at radius 1 is 1.05 bits per heavy atom. The number of nitrogen functional groups attached to an aromatic ring is 1. The molecule has 0 fully saturated rings. The van der Waals surface area contributed by atoms with Crippen molar-refractivity contribution >= 4 is 16.6 Å². The molecule has 1 aromatic heterocycles. The zero-order chi connectivity index (χ0) is 15.5. The number of nitrogens with two attached hydrogens (primary N) is 1. The molecule has 4 heteroatoms. The van der Waals surface area contributed by atoms with Gasteiger partial charge in [0.15, 0.2) is 0 Å². The number of aryl methyl sites for hydroxylation is 1. The van der Waals surface area contributed by atoms with Crippen molar-refractivity contribution in [3.8, 4) is 11.5 Å². The monoisotopic (exact) mass is 294 g/mol. The Balaban J connectivity index is 1.80. The van der Waals surface area contributed by atoms with E-state index in [4.69, 9.17) is 15.2 Å². The van der Waals surface area contributed by atoms with Crippen LogP contribution in [0.5, 0.6) is 11.5 Å². The molecule has 3 rings (SSSR count). The fourth-order valence-electron chi connectivity index (χ4n) is 2.27. The summed E-state index contributed by atoms with van der Waals surface area (Å²) >= 11 is 0. The molecule has 0 bridgehead atoms. The van der Waals surface area contributed by atoms with Crippen molar-refractivity contribution in [1.29, 1.82) is 0 Å². The number of methoxy groups -OCH3 is 1. The first kappa shape index (κ1) is 14.2. The van der Waals surface area contributed by atoms with E-state index in [1.54, 1.807) is 7.11 Å². The SMILES string of the molecule is COc1ccc2nc(COc3cc(C)ccc3N)ccc2c1. The molecule has 0 saturated heterocycles. The van der Waals surface area contributed by atoms with Gasteiger partial charge in [-0.25, -0.2) is 4.98 Å². The molecule has 0 aliphatic carbocycles. The molecule has 0 aliphatic heterocycles. The van der Waals surface area contributed by atoms with Gasteiger partial charge in [-0.3, -0.25) is 0 Å². The van der Waals surface area contributed by atoms with Crippen LogP contribution in [-0.2, 0) is 6.61 Å². The number of rotatable bonds is 4. The number of hydrogen-bond donors (Lipinski definition) is 1. The second kappa shape index (κ2) is 5.93. The van der Waals surface area contributed by atoms with Crippen molar-refractivity contribution < 1.29 is 9.47 Å². The van der Waals surface area contributed by atoms with Crippen LogP contribution in [0.15, 0.2) is 48.5 Å². The fraction of sp³-hybridized carbons (Fsp3) is 0.167. The van der Waals surface area contributed by atoms with Crippen molar-refractivity contribution in [2.24, 2.45) is 0 Å². The molecule has 3 aromatic rings. The lowest BCUT2D eigenvalue weighted by Crippen LogP contribution is -2.01. The maximum Gasteiger partial charge on any atom is 0.143 e. The van der Waals surface area contributed by atoms with E-state index in [0.29, 0.717) is 18.0 Å². The van der Waals surface area contributed by atoms with Gasteiger partial charge in [-0.2, -0.15) is 0 Å². The van der Waals surface area contributed by atoms with Gasteiger partial charge >= 0.3 is 0 Å². The van der Waals surface area contributed by atoms with Crippen LogP contribution >= 0.6 is 0 Å². The first-order valence-electron chi connectivity index (χ1n) is 7.08. The van der Waals surface area contributed by atoms with Gasteiger partial charge in [-0.1, -0.05) is 12.1 Å². The summed E-state index contributed by atoms with van der Waals surface area (Å²) in [5, 5.41) is 1.04. The maximum absolute atomic E-state index is 5.92. The summed E-state index contributed by atoms with van der Waals surface area (Å²) in [6, 6.07) is 15.5. The van der Waals surface area contributed by atoms with E-state index >= 15 is 0 Å². The Morgan fingerprint density at radius 3 is 2.73 bits per heavy atom. The van der Waals surface area contributed by atoms with Crippen molar-refractivity contribution in [2.75, 3.05) is 12.8 Å². The molecule has 0 aliphatic rings. The van der Waals surface area contributed by atoms with Gasteiger partial charge in [0.05, 0.1) is 24.0 Å². The number of benzene rings is 2. The molecule has 1 heterocycles. The molecule has 0 amide bonds. The summed E-state index contributed by atoms with van der Waals surface area (Å²) in [6.07, 6.45) is 0. The predicted molar refractivity (Wildman–Crippen MR) is 88.2 cm³/mol. The van der Waals surface area contributed by atoms with Gasteiger partial charge in [0.25, 0.3) is 0 Å². The van der Waals surface area contributed by atoms with Crippen LogP contribution in [0.4, 0.5) is 5.69 Å². The van der Waals surface area contributed by atoms with E-state index in [1.165, 1.54) is 0 Å². The van der Waals surface area contributed by atoms with Crippen LogP contribution in [-0.4, -0.2) is 12.1 Å². The molecule has 112 valence electrons. The summed E-state index contributed by atoms with van der Waals surface area (Å²) in [6.45, 7) is 2.39. The predicted octanol–water partition coefficient (Wildman–Crippen LogP) is 3.71. The first-order valence-corrected chi connectivity index (χ1v) is 7.08. The van der Waals surface area contributed by atoms with Gasteiger partial charge in [0.2, 0.25) is 0 Å². The first-order chi connectivity index (χ1) is 10.7. The second-order valence-electron chi connectivity index (χ2n) is 5.19. The minimum atomic E-state index is 0.385. The standard InChI is InChI=1S/C18H18N2O2/c1-12-3-7-16(19)18(9-12)22-11-14-5-4-13-10-15(21-2)6-8-17(13)20-14/h3-10H,11,19H2,1-2H3. The van der Waals surface area contributed by atoms with E-state index in [-0.39, 0.29) is 0 Å². The van der Waals surface area contributed by atoms with Crippen LogP contribution < -0.4 is 15.2 Å². The average Bonchev–Trinajstić information content (AvgIpc) is 2.55. The Bertz CT molecular complexity index is 815. The molecule has 0 spiro atoms. The highest BCUT2D eigenvalue weighted by Gasteiger charge is 2.04. The van der Waals surface area contributed by atoms with E-state index in [1.807, 2.05) is 55.5 Å². The van der Waals surface area contributed by atoms with Gasteiger partial charge in [0.1, 0.15) is 18.1 Å². The number of fused-ring (bicyclic) bond motifs is 1. The lowest BCUT2D eigenvalue weighted by atomic mass is 10.2. The third-order valence-electron chi connectivity index (χ3n) is 3.50. The molecular weight excluding hydrogens is 276 g/mol. The van der Waals surface area contributed by atoms with E-state index in [9.17, 15) is 0 Å². The lowest BCUT2D eigenvalue weighted by Gasteiger charge is -2.10. The zero-order valence-electron chi connectivity index (χ0n) is 12.7. The lowest BCUT2D eigenvalue weighted by molar-refractivity contribution is 0.303. The number of aromatic nitrogens is 1. The normalized spacial score (nSPS) is 10.6. The topological polar surface area (TPSA) is 57.4 Å². The Labute approximate surface area is 129 Å². The molecule has 2 aromatic carbocycles. The summed E-state index contributed by atoms with van der Waals surface area (Å²) in [4.78, 5) is 4.60. The van der Waals surface area contributed by atoms with Crippen LogP contribution in [0.1, 0.15) is 11.3 Å². The van der Waals surface area contributed by atoms with Crippen LogP contribution in [0, 0.1) is 6.92 Å². The largest absolute Gasteiger partial charge is 0.497 e.